The zero-order valence-corrected chi connectivity index (χ0v) is 18.8. The Morgan fingerprint density at radius 3 is 2.53 bits per heavy atom. The number of rotatable bonds is 9. The Morgan fingerprint density at radius 1 is 1.06 bits per heavy atom. The highest BCUT2D eigenvalue weighted by Crippen LogP contribution is 2.35. The van der Waals surface area contributed by atoms with Crippen molar-refractivity contribution < 1.29 is 28.2 Å². The van der Waals surface area contributed by atoms with Crippen LogP contribution < -0.4 is 24.4 Å². The van der Waals surface area contributed by atoms with E-state index in [9.17, 15) is 14.0 Å². The number of nitrogens with one attached hydrogen (secondary N) is 1. The van der Waals surface area contributed by atoms with Crippen molar-refractivity contribution in [1.29, 1.82) is 0 Å². The number of hydrogen-bond donors (Lipinski definition) is 1. The molecule has 0 saturated heterocycles. The van der Waals surface area contributed by atoms with Gasteiger partial charge in [-0.05, 0) is 66.6 Å². The van der Waals surface area contributed by atoms with Crippen LogP contribution >= 0.6 is 0 Å². The molecule has 1 N–H and O–H groups in total. The van der Waals surface area contributed by atoms with Crippen molar-refractivity contribution in [1.82, 2.24) is 0 Å². The molecule has 0 atom stereocenters. The topological polar surface area (TPSA) is 77.1 Å². The number of methoxy groups -OCH3 is 1. The number of anilines is 2. The lowest BCUT2D eigenvalue weighted by atomic mass is 10.1. The Hall–Kier alpha value is -4.07. The van der Waals surface area contributed by atoms with Gasteiger partial charge in [0.25, 0.3) is 5.91 Å². The highest BCUT2D eigenvalue weighted by molar-refractivity contribution is 5.99. The van der Waals surface area contributed by atoms with Crippen molar-refractivity contribution in [2.75, 3.05) is 30.5 Å². The van der Waals surface area contributed by atoms with Crippen LogP contribution in [0.25, 0.3) is 0 Å². The summed E-state index contributed by atoms with van der Waals surface area (Å²) in [7, 11) is 1.60. The fraction of sp³-hybridized carbons (Fsp3) is 0.231. The Morgan fingerprint density at radius 2 is 1.79 bits per heavy atom. The molecule has 1 aliphatic rings. The Balaban J connectivity index is 1.33. The van der Waals surface area contributed by atoms with Crippen LogP contribution in [0.1, 0.15) is 18.4 Å². The number of carbonyl (C=O) groups is 2. The summed E-state index contributed by atoms with van der Waals surface area (Å²) in [6.07, 6.45) is 0.822. The molecule has 3 aromatic carbocycles. The second-order valence-corrected chi connectivity index (χ2v) is 7.75. The maximum absolute atomic E-state index is 13.2. The molecule has 3 aromatic rings. The highest BCUT2D eigenvalue weighted by Gasteiger charge is 2.26. The fourth-order valence-electron chi connectivity index (χ4n) is 3.54. The van der Waals surface area contributed by atoms with E-state index >= 15 is 0 Å². The summed E-state index contributed by atoms with van der Waals surface area (Å²) in [6.45, 7) is 0.599. The number of amides is 2. The average Bonchev–Trinajstić information content (AvgIpc) is 2.85. The third-order valence-electron chi connectivity index (χ3n) is 5.32. The molecule has 0 fully saturated rings. The number of hydrogen-bond acceptors (Lipinski definition) is 5. The third kappa shape index (κ3) is 5.83. The van der Waals surface area contributed by atoms with Gasteiger partial charge < -0.3 is 24.4 Å². The van der Waals surface area contributed by atoms with Crippen LogP contribution in [0.15, 0.2) is 66.7 Å². The molecule has 0 bridgehead atoms. The molecule has 2 amide bonds. The van der Waals surface area contributed by atoms with Gasteiger partial charge in [0.1, 0.15) is 23.1 Å². The largest absolute Gasteiger partial charge is 0.497 e. The summed E-state index contributed by atoms with van der Waals surface area (Å²) >= 11 is 0. The van der Waals surface area contributed by atoms with Gasteiger partial charge in [-0.3, -0.25) is 9.59 Å². The molecule has 0 radical (unpaired) electrons. The average molecular weight is 464 g/mol. The zero-order valence-electron chi connectivity index (χ0n) is 18.8. The molecule has 0 aliphatic carbocycles. The van der Waals surface area contributed by atoms with Gasteiger partial charge in [0.15, 0.2) is 6.61 Å². The molecular weight excluding hydrogens is 439 g/mol. The van der Waals surface area contributed by atoms with Crippen LogP contribution in [0, 0.1) is 5.82 Å². The molecule has 176 valence electrons. The van der Waals surface area contributed by atoms with E-state index in [4.69, 9.17) is 14.2 Å². The first-order valence-electron chi connectivity index (χ1n) is 10.9. The van der Waals surface area contributed by atoms with Crippen molar-refractivity contribution in [3.05, 3.63) is 78.1 Å². The molecule has 0 aromatic heterocycles. The van der Waals surface area contributed by atoms with Crippen LogP contribution in [0.4, 0.5) is 15.8 Å². The second kappa shape index (κ2) is 10.7. The van der Waals surface area contributed by atoms with Crippen LogP contribution in [0.5, 0.6) is 17.2 Å². The molecule has 0 unspecified atom stereocenters. The van der Waals surface area contributed by atoms with Gasteiger partial charge in [0.2, 0.25) is 5.91 Å². The normalized spacial score (nSPS) is 12.5. The van der Waals surface area contributed by atoms with E-state index in [-0.39, 0.29) is 37.2 Å². The molecule has 34 heavy (non-hydrogen) atoms. The molecule has 8 heteroatoms. The number of halogens is 1. The summed E-state index contributed by atoms with van der Waals surface area (Å²) in [5.41, 5.74) is 1.90. The van der Waals surface area contributed by atoms with E-state index in [1.54, 1.807) is 42.3 Å². The van der Waals surface area contributed by atoms with Gasteiger partial charge >= 0.3 is 0 Å². The lowest BCUT2D eigenvalue weighted by molar-refractivity contribution is -0.121. The number of nitrogens with zero attached hydrogens (tertiary/aromatic N) is 1. The second-order valence-electron chi connectivity index (χ2n) is 7.75. The van der Waals surface area contributed by atoms with Gasteiger partial charge in [-0.2, -0.15) is 0 Å². The molecule has 1 heterocycles. The minimum absolute atomic E-state index is 0.0753. The van der Waals surface area contributed by atoms with E-state index in [1.165, 1.54) is 12.1 Å². The molecule has 0 saturated carbocycles. The van der Waals surface area contributed by atoms with Crippen molar-refractivity contribution in [2.24, 2.45) is 0 Å². The first kappa shape index (κ1) is 23.1. The van der Waals surface area contributed by atoms with E-state index in [0.717, 1.165) is 11.3 Å². The van der Waals surface area contributed by atoms with Crippen molar-refractivity contribution in [3.63, 3.8) is 0 Å². The Kier molecular flexibility index (Phi) is 7.27. The van der Waals surface area contributed by atoms with Gasteiger partial charge in [-0.25, -0.2) is 4.39 Å². The SMILES string of the molecule is COc1ccc(OCCCC(=O)Nc2ccc3c(c2)N(Cc2ccc(F)cc2)C(=O)CO3)cc1. The number of ether oxygens (including phenoxy) is 3. The summed E-state index contributed by atoms with van der Waals surface area (Å²) in [6, 6.07) is 18.4. The van der Waals surface area contributed by atoms with Crippen LogP contribution in [0.3, 0.4) is 0 Å². The van der Waals surface area contributed by atoms with Crippen LogP contribution in [0.2, 0.25) is 0 Å². The molecule has 7 nitrogen and oxygen atoms in total. The van der Waals surface area contributed by atoms with E-state index in [1.807, 2.05) is 24.3 Å². The molecule has 4 rings (SSSR count). The van der Waals surface area contributed by atoms with E-state index in [0.29, 0.717) is 35.9 Å². The minimum Gasteiger partial charge on any atom is -0.497 e. The lowest BCUT2D eigenvalue weighted by Crippen LogP contribution is -2.38. The summed E-state index contributed by atoms with van der Waals surface area (Å²) < 4.78 is 29.5. The fourth-order valence-corrected chi connectivity index (χ4v) is 3.54. The summed E-state index contributed by atoms with van der Waals surface area (Å²) in [5.74, 6) is 1.30. The van der Waals surface area contributed by atoms with Crippen molar-refractivity contribution in [3.8, 4) is 17.2 Å². The first-order valence-corrected chi connectivity index (χ1v) is 10.9. The third-order valence-corrected chi connectivity index (χ3v) is 5.32. The van der Waals surface area contributed by atoms with E-state index < -0.39 is 0 Å². The maximum atomic E-state index is 13.2. The number of benzene rings is 3. The molecular formula is C26H25FN2O5. The quantitative estimate of drug-likeness (QED) is 0.470. The number of fused-ring (bicyclic) bond motifs is 1. The molecule has 1 aliphatic heterocycles. The predicted octanol–water partition coefficient (Wildman–Crippen LogP) is 4.56. The highest BCUT2D eigenvalue weighted by atomic mass is 19.1. The smallest absolute Gasteiger partial charge is 0.265 e. The van der Waals surface area contributed by atoms with Gasteiger partial charge in [-0.15, -0.1) is 0 Å². The maximum Gasteiger partial charge on any atom is 0.265 e. The monoisotopic (exact) mass is 464 g/mol. The van der Waals surface area contributed by atoms with Gasteiger partial charge in [-0.1, -0.05) is 12.1 Å². The Labute approximate surface area is 197 Å². The Bertz CT molecular complexity index is 1150. The summed E-state index contributed by atoms with van der Waals surface area (Å²) in [5, 5.41) is 2.86. The standard InChI is InChI=1S/C26H25FN2O5/c1-32-21-9-11-22(12-10-21)33-14-2-3-25(30)28-20-8-13-24-23(15-20)29(26(31)17-34-24)16-18-4-6-19(27)7-5-18/h4-13,15H,2-3,14,16-17H2,1H3,(H,28,30). The van der Waals surface area contributed by atoms with Gasteiger partial charge in [0, 0.05) is 12.1 Å². The van der Waals surface area contributed by atoms with Crippen molar-refractivity contribution >= 4 is 23.2 Å². The molecule has 0 spiro atoms. The van der Waals surface area contributed by atoms with Crippen LogP contribution in [-0.2, 0) is 16.1 Å². The summed E-state index contributed by atoms with van der Waals surface area (Å²) in [4.78, 5) is 26.5. The van der Waals surface area contributed by atoms with E-state index in [2.05, 4.69) is 5.32 Å². The van der Waals surface area contributed by atoms with Crippen molar-refractivity contribution in [2.45, 2.75) is 19.4 Å². The van der Waals surface area contributed by atoms with Crippen LogP contribution in [-0.4, -0.2) is 32.1 Å². The minimum atomic E-state index is -0.336. The van der Waals surface area contributed by atoms with Gasteiger partial charge in [0.05, 0.1) is 25.9 Å². The zero-order chi connectivity index (χ0) is 23.9. The first-order chi connectivity index (χ1) is 16.5. The number of carbonyl (C=O) groups excluding carboxylic acids is 2. The lowest BCUT2D eigenvalue weighted by Gasteiger charge is -2.30. The predicted molar refractivity (Wildman–Crippen MR) is 126 cm³/mol.